The molecule has 0 aliphatic rings. The molecular formula is C9H5O2. The van der Waals surface area contributed by atoms with Crippen molar-refractivity contribution in [3.63, 3.8) is 0 Å². The van der Waals surface area contributed by atoms with Gasteiger partial charge < -0.3 is 4.42 Å². The molecule has 1 heterocycles. The molecule has 2 aromatic rings. The predicted octanol–water partition coefficient (Wildman–Crippen LogP) is 1.59. The van der Waals surface area contributed by atoms with E-state index >= 15 is 0 Å². The Morgan fingerprint density at radius 2 is 2.18 bits per heavy atom. The van der Waals surface area contributed by atoms with Crippen LogP contribution >= 0.6 is 0 Å². The van der Waals surface area contributed by atoms with Gasteiger partial charge in [0, 0.05) is 11.5 Å². The van der Waals surface area contributed by atoms with Crippen molar-refractivity contribution in [2.75, 3.05) is 0 Å². The highest BCUT2D eigenvalue weighted by Gasteiger charge is 1.92. The minimum absolute atomic E-state index is 0.322. The molecule has 0 fully saturated rings. The molecule has 1 radical (unpaired) electrons. The average Bonchev–Trinajstić information content (AvgIpc) is 2.04. The lowest BCUT2D eigenvalue weighted by molar-refractivity contribution is 0.561. The zero-order valence-electron chi connectivity index (χ0n) is 5.70. The number of hydrogen-bond acceptors (Lipinski definition) is 2. The second-order valence-corrected chi connectivity index (χ2v) is 2.20. The lowest BCUT2D eigenvalue weighted by atomic mass is 10.2. The van der Waals surface area contributed by atoms with E-state index in [1.54, 1.807) is 24.3 Å². The summed E-state index contributed by atoms with van der Waals surface area (Å²) in [6, 6.07) is 11.3. The van der Waals surface area contributed by atoms with Crippen LogP contribution in [0, 0.1) is 6.07 Å². The normalized spacial score (nSPS) is 10.2. The molecule has 1 aromatic heterocycles. The van der Waals surface area contributed by atoms with Gasteiger partial charge in [0.2, 0.25) is 0 Å². The first-order chi connectivity index (χ1) is 5.36. The van der Waals surface area contributed by atoms with E-state index in [9.17, 15) is 4.79 Å². The SMILES string of the molecule is O=c1ccc2[c]cccc2o1. The van der Waals surface area contributed by atoms with Gasteiger partial charge in [0.15, 0.2) is 0 Å². The van der Waals surface area contributed by atoms with Crippen LogP contribution < -0.4 is 5.63 Å². The Labute approximate surface area is 63.1 Å². The number of fused-ring (bicyclic) bond motifs is 1. The van der Waals surface area contributed by atoms with Crippen molar-refractivity contribution < 1.29 is 4.42 Å². The van der Waals surface area contributed by atoms with Gasteiger partial charge in [-0.25, -0.2) is 4.79 Å². The maximum atomic E-state index is 10.7. The number of benzene rings is 1. The van der Waals surface area contributed by atoms with Crippen LogP contribution in [-0.4, -0.2) is 0 Å². The number of rotatable bonds is 0. The maximum Gasteiger partial charge on any atom is 0.336 e. The van der Waals surface area contributed by atoms with E-state index in [0.717, 1.165) is 5.39 Å². The highest BCUT2D eigenvalue weighted by atomic mass is 16.4. The summed E-state index contributed by atoms with van der Waals surface area (Å²) in [7, 11) is 0. The van der Waals surface area contributed by atoms with Gasteiger partial charge in [-0.05, 0) is 18.2 Å². The molecule has 0 aliphatic heterocycles. The Hall–Kier alpha value is -1.57. The van der Waals surface area contributed by atoms with Crippen LogP contribution in [0.25, 0.3) is 11.0 Å². The van der Waals surface area contributed by atoms with Crippen molar-refractivity contribution in [3.8, 4) is 0 Å². The third-order valence-electron chi connectivity index (χ3n) is 1.44. The van der Waals surface area contributed by atoms with E-state index in [1.807, 2.05) is 0 Å². The van der Waals surface area contributed by atoms with Crippen molar-refractivity contribution in [2.24, 2.45) is 0 Å². The molecule has 53 valence electrons. The van der Waals surface area contributed by atoms with E-state index in [2.05, 4.69) is 6.07 Å². The van der Waals surface area contributed by atoms with Gasteiger partial charge in [0.05, 0.1) is 0 Å². The fourth-order valence-electron chi connectivity index (χ4n) is 0.947. The van der Waals surface area contributed by atoms with Crippen molar-refractivity contribution in [1.29, 1.82) is 0 Å². The van der Waals surface area contributed by atoms with Gasteiger partial charge in [-0.1, -0.05) is 12.1 Å². The third-order valence-corrected chi connectivity index (χ3v) is 1.44. The molecule has 0 spiro atoms. The van der Waals surface area contributed by atoms with Gasteiger partial charge in [0.1, 0.15) is 5.58 Å². The largest absolute Gasteiger partial charge is 0.423 e. The molecule has 0 saturated carbocycles. The fraction of sp³-hybridized carbons (Fsp3) is 0. The zero-order valence-corrected chi connectivity index (χ0v) is 5.70. The summed E-state index contributed by atoms with van der Waals surface area (Å²) in [6.45, 7) is 0. The van der Waals surface area contributed by atoms with Crippen LogP contribution in [0.2, 0.25) is 0 Å². The summed E-state index contributed by atoms with van der Waals surface area (Å²) in [5.74, 6) is 0. The molecular weight excluding hydrogens is 140 g/mol. The summed E-state index contributed by atoms with van der Waals surface area (Å²) in [6.07, 6.45) is 0. The van der Waals surface area contributed by atoms with E-state index in [0.29, 0.717) is 5.58 Å². The first-order valence-corrected chi connectivity index (χ1v) is 3.27. The summed E-state index contributed by atoms with van der Waals surface area (Å²) < 4.78 is 4.87. The molecule has 0 amide bonds. The highest BCUT2D eigenvalue weighted by Crippen LogP contribution is 2.08. The standard InChI is InChI=1S/C9H5O2/c10-9-6-5-7-3-1-2-4-8(7)11-9/h1-2,4-6H. The Morgan fingerprint density at radius 3 is 3.09 bits per heavy atom. The van der Waals surface area contributed by atoms with Crippen LogP contribution in [0.3, 0.4) is 0 Å². The quantitative estimate of drug-likeness (QED) is 0.527. The molecule has 0 saturated heterocycles. The Kier molecular flexibility index (Phi) is 1.25. The average molecular weight is 145 g/mol. The van der Waals surface area contributed by atoms with E-state index in [1.165, 1.54) is 6.07 Å². The van der Waals surface area contributed by atoms with E-state index in [4.69, 9.17) is 4.42 Å². The van der Waals surface area contributed by atoms with Gasteiger partial charge in [-0.2, -0.15) is 0 Å². The summed E-state index contributed by atoms with van der Waals surface area (Å²) in [5.41, 5.74) is 0.261. The lowest BCUT2D eigenvalue weighted by Crippen LogP contribution is -1.93. The molecule has 2 nitrogen and oxygen atoms in total. The monoisotopic (exact) mass is 145 g/mol. The minimum Gasteiger partial charge on any atom is -0.423 e. The summed E-state index contributed by atoms with van der Waals surface area (Å²) >= 11 is 0. The van der Waals surface area contributed by atoms with Crippen LogP contribution in [0.1, 0.15) is 0 Å². The van der Waals surface area contributed by atoms with Crippen molar-refractivity contribution in [1.82, 2.24) is 0 Å². The van der Waals surface area contributed by atoms with Gasteiger partial charge in [0.25, 0.3) is 0 Å². The van der Waals surface area contributed by atoms with Crippen LogP contribution in [-0.2, 0) is 0 Å². The molecule has 0 bridgehead atoms. The molecule has 2 rings (SSSR count). The first-order valence-electron chi connectivity index (χ1n) is 3.27. The fourth-order valence-corrected chi connectivity index (χ4v) is 0.947. The Balaban J connectivity index is 2.94. The van der Waals surface area contributed by atoms with Crippen LogP contribution in [0.15, 0.2) is 39.5 Å². The summed E-state index contributed by atoms with van der Waals surface area (Å²) in [5, 5.41) is 0.826. The molecule has 2 heteroatoms. The van der Waals surface area contributed by atoms with Gasteiger partial charge >= 0.3 is 5.63 Å². The second-order valence-electron chi connectivity index (χ2n) is 2.20. The third kappa shape index (κ3) is 1.03. The van der Waals surface area contributed by atoms with Gasteiger partial charge in [-0.3, -0.25) is 0 Å². The minimum atomic E-state index is -0.322. The molecule has 0 aliphatic carbocycles. The smallest absolute Gasteiger partial charge is 0.336 e. The van der Waals surface area contributed by atoms with E-state index < -0.39 is 0 Å². The first kappa shape index (κ1) is 6.16. The highest BCUT2D eigenvalue weighted by molar-refractivity contribution is 5.74. The topological polar surface area (TPSA) is 30.2 Å². The predicted molar refractivity (Wildman–Crippen MR) is 41.3 cm³/mol. The van der Waals surface area contributed by atoms with Crippen LogP contribution in [0.5, 0.6) is 0 Å². The Morgan fingerprint density at radius 1 is 1.27 bits per heavy atom. The van der Waals surface area contributed by atoms with Gasteiger partial charge in [-0.15, -0.1) is 0 Å². The second kappa shape index (κ2) is 2.23. The molecule has 0 atom stereocenters. The van der Waals surface area contributed by atoms with Crippen molar-refractivity contribution >= 4 is 11.0 Å². The molecule has 11 heavy (non-hydrogen) atoms. The number of hydrogen-bond donors (Lipinski definition) is 0. The van der Waals surface area contributed by atoms with Crippen molar-refractivity contribution in [2.45, 2.75) is 0 Å². The van der Waals surface area contributed by atoms with Crippen molar-refractivity contribution in [3.05, 3.63) is 46.8 Å². The molecule has 0 N–H and O–H groups in total. The Bertz CT molecular complexity index is 429. The zero-order chi connectivity index (χ0) is 7.68. The maximum absolute atomic E-state index is 10.7. The van der Waals surface area contributed by atoms with Crippen LogP contribution in [0.4, 0.5) is 0 Å². The lowest BCUT2D eigenvalue weighted by Gasteiger charge is -1.90. The molecule has 1 aromatic carbocycles. The summed E-state index contributed by atoms with van der Waals surface area (Å²) in [4.78, 5) is 10.7. The molecule has 0 unspecified atom stereocenters. The van der Waals surface area contributed by atoms with E-state index in [-0.39, 0.29) is 5.63 Å².